The Hall–Kier alpha value is -1.62. The number of aldehydes is 1. The Kier molecular flexibility index (Phi) is 7.32. The van der Waals surface area contributed by atoms with Gasteiger partial charge < -0.3 is 38.7 Å². The Labute approximate surface area is 235 Å². The standard InChI is InChI=1S/C31H44O9/c1-17-25(34)27(37-3)26(35)28(39-17)40-20-8-12-30(16-32)19(14-20)5-6-23-22(30)9-11-29(2)21(10-13-31(23,29)36)18-4-7-24(33)38-15-18/h4,7,15-17,19-23,25-28,34-36H,5-6,8-14H2,1-3H3/t17-,19-,20-,21+,22-,23+,25+,26+,27+,28+,29+,30+,31-/m0/s1. The number of carbonyl (C=O) groups excluding carboxylic acids is 1. The second kappa shape index (κ2) is 10.3. The van der Waals surface area contributed by atoms with Crippen LogP contribution in [0.3, 0.4) is 0 Å². The topological polar surface area (TPSA) is 136 Å². The van der Waals surface area contributed by atoms with Crippen LogP contribution in [0.2, 0.25) is 0 Å². The maximum atomic E-state index is 13.0. The average Bonchev–Trinajstić information content (AvgIpc) is 3.23. The summed E-state index contributed by atoms with van der Waals surface area (Å²) in [7, 11) is 1.46. The van der Waals surface area contributed by atoms with E-state index in [1.165, 1.54) is 19.5 Å². The average molecular weight is 561 g/mol. The SMILES string of the molecule is CO[C@H]1[C@@H](O)[C@@H](O[C@H]2CC[C@@]3(C=O)[C@@H](CC[C@@H]4[C@@H]3CC[C@]3(C)[C@@H](c5ccc(=O)oc5)CC[C@]43O)C2)O[C@@H](C)[C@H]1O. The zero-order valence-corrected chi connectivity index (χ0v) is 23.7. The molecular weight excluding hydrogens is 516 g/mol. The van der Waals surface area contributed by atoms with Gasteiger partial charge in [-0.1, -0.05) is 6.92 Å². The van der Waals surface area contributed by atoms with Crippen molar-refractivity contribution in [2.45, 2.75) is 120 Å². The number of ether oxygens (including phenoxy) is 3. The molecule has 0 unspecified atom stereocenters. The summed E-state index contributed by atoms with van der Waals surface area (Å²) >= 11 is 0. The first-order valence-corrected chi connectivity index (χ1v) is 15.1. The van der Waals surface area contributed by atoms with Gasteiger partial charge in [0.25, 0.3) is 0 Å². The monoisotopic (exact) mass is 560 g/mol. The molecule has 1 saturated heterocycles. The lowest BCUT2D eigenvalue weighted by Crippen LogP contribution is -2.63. The summed E-state index contributed by atoms with van der Waals surface area (Å²) in [6.45, 7) is 3.93. The molecule has 4 saturated carbocycles. The van der Waals surface area contributed by atoms with Gasteiger partial charge in [0.2, 0.25) is 0 Å². The van der Waals surface area contributed by atoms with Gasteiger partial charge in [-0.15, -0.1) is 0 Å². The molecule has 5 aliphatic rings. The summed E-state index contributed by atoms with van der Waals surface area (Å²) in [5, 5.41) is 33.5. The molecule has 0 bridgehead atoms. The molecule has 40 heavy (non-hydrogen) atoms. The number of hydrogen-bond donors (Lipinski definition) is 3. The van der Waals surface area contributed by atoms with Gasteiger partial charge in [-0.25, -0.2) is 4.79 Å². The molecule has 1 aromatic rings. The van der Waals surface area contributed by atoms with E-state index in [0.717, 1.165) is 37.7 Å². The molecule has 9 nitrogen and oxygen atoms in total. The third-order valence-corrected chi connectivity index (χ3v) is 12.1. The Balaban J connectivity index is 1.19. The van der Waals surface area contributed by atoms with E-state index in [2.05, 4.69) is 6.92 Å². The number of aliphatic hydroxyl groups excluding tert-OH is 2. The molecule has 5 fully saturated rings. The largest absolute Gasteiger partial charge is 0.431 e. The van der Waals surface area contributed by atoms with Crippen LogP contribution in [0.15, 0.2) is 27.6 Å². The molecule has 0 aromatic carbocycles. The van der Waals surface area contributed by atoms with Gasteiger partial charge >= 0.3 is 5.63 Å². The fraction of sp³-hybridized carbons (Fsp3) is 0.806. The predicted octanol–water partition coefficient (Wildman–Crippen LogP) is 2.93. The fourth-order valence-corrected chi connectivity index (χ4v) is 9.91. The summed E-state index contributed by atoms with van der Waals surface area (Å²) in [6.07, 6.45) is 5.26. The van der Waals surface area contributed by atoms with Crippen LogP contribution in [0.5, 0.6) is 0 Å². The molecule has 3 N–H and O–H groups in total. The van der Waals surface area contributed by atoms with E-state index in [0.29, 0.717) is 25.7 Å². The lowest BCUT2D eigenvalue weighted by atomic mass is 9.43. The maximum Gasteiger partial charge on any atom is 0.335 e. The van der Waals surface area contributed by atoms with Crippen molar-refractivity contribution >= 4 is 6.29 Å². The molecule has 1 aliphatic heterocycles. The fourth-order valence-electron chi connectivity index (χ4n) is 9.91. The van der Waals surface area contributed by atoms with Crippen molar-refractivity contribution in [3.63, 3.8) is 0 Å². The Bertz CT molecular complexity index is 1130. The van der Waals surface area contributed by atoms with Gasteiger partial charge in [-0.3, -0.25) is 0 Å². The van der Waals surface area contributed by atoms with E-state index >= 15 is 0 Å². The molecule has 0 radical (unpaired) electrons. The van der Waals surface area contributed by atoms with E-state index in [9.17, 15) is 24.9 Å². The van der Waals surface area contributed by atoms with Crippen molar-refractivity contribution in [3.05, 3.63) is 34.4 Å². The predicted molar refractivity (Wildman–Crippen MR) is 143 cm³/mol. The van der Waals surface area contributed by atoms with Gasteiger partial charge in [0.15, 0.2) is 6.29 Å². The van der Waals surface area contributed by atoms with Gasteiger partial charge in [-0.2, -0.15) is 0 Å². The van der Waals surface area contributed by atoms with Gasteiger partial charge in [0, 0.05) is 24.0 Å². The van der Waals surface area contributed by atoms with Gasteiger partial charge in [0.05, 0.1) is 24.1 Å². The van der Waals surface area contributed by atoms with Crippen LogP contribution in [0.1, 0.15) is 83.1 Å². The molecule has 0 amide bonds. The summed E-state index contributed by atoms with van der Waals surface area (Å²) in [5.41, 5.74) is -1.12. The normalized spacial score (nSPS) is 50.5. The maximum absolute atomic E-state index is 13.0. The van der Waals surface area contributed by atoms with Crippen LogP contribution in [0.4, 0.5) is 0 Å². The number of rotatable bonds is 5. The first-order valence-electron chi connectivity index (χ1n) is 15.1. The second-order valence-corrected chi connectivity index (χ2v) is 13.5. The van der Waals surface area contributed by atoms with Gasteiger partial charge in [-0.05, 0) is 100 Å². The summed E-state index contributed by atoms with van der Waals surface area (Å²) < 4.78 is 22.6. The van der Waals surface area contributed by atoms with E-state index < -0.39 is 41.7 Å². The highest BCUT2D eigenvalue weighted by atomic mass is 16.7. The van der Waals surface area contributed by atoms with E-state index in [4.69, 9.17) is 18.6 Å². The van der Waals surface area contributed by atoms with Crippen LogP contribution in [0.25, 0.3) is 0 Å². The number of methoxy groups -OCH3 is 1. The minimum absolute atomic E-state index is 0.0409. The number of hydrogen-bond acceptors (Lipinski definition) is 9. The lowest BCUT2D eigenvalue weighted by molar-refractivity contribution is -0.312. The smallest absolute Gasteiger partial charge is 0.335 e. The van der Waals surface area contributed by atoms with Crippen LogP contribution in [0, 0.1) is 28.6 Å². The Morgan fingerprint density at radius 2 is 1.82 bits per heavy atom. The quantitative estimate of drug-likeness (QED) is 0.367. The van der Waals surface area contributed by atoms with Crippen LogP contribution in [-0.4, -0.2) is 71.1 Å². The minimum atomic E-state index is -1.11. The number of fused-ring (bicyclic) bond motifs is 5. The molecule has 4 aliphatic carbocycles. The van der Waals surface area contributed by atoms with Crippen LogP contribution >= 0.6 is 0 Å². The van der Waals surface area contributed by atoms with Crippen molar-refractivity contribution in [3.8, 4) is 0 Å². The number of carbonyl (C=O) groups is 1. The highest BCUT2D eigenvalue weighted by Crippen LogP contribution is 2.70. The van der Waals surface area contributed by atoms with E-state index in [-0.39, 0.29) is 40.8 Å². The highest BCUT2D eigenvalue weighted by molar-refractivity contribution is 5.62. The molecule has 2 heterocycles. The highest BCUT2D eigenvalue weighted by Gasteiger charge is 2.68. The lowest BCUT2D eigenvalue weighted by Gasteiger charge is -2.63. The van der Waals surface area contributed by atoms with Crippen molar-refractivity contribution < 1.29 is 38.7 Å². The molecule has 0 spiro atoms. The van der Waals surface area contributed by atoms with E-state index in [1.54, 1.807) is 13.2 Å². The van der Waals surface area contributed by atoms with Crippen molar-refractivity contribution in [1.82, 2.24) is 0 Å². The zero-order valence-electron chi connectivity index (χ0n) is 23.7. The van der Waals surface area contributed by atoms with Crippen molar-refractivity contribution in [2.75, 3.05) is 7.11 Å². The Morgan fingerprint density at radius 3 is 2.52 bits per heavy atom. The van der Waals surface area contributed by atoms with E-state index in [1.807, 2.05) is 6.07 Å². The van der Waals surface area contributed by atoms with Crippen molar-refractivity contribution in [2.24, 2.45) is 28.6 Å². The summed E-state index contributed by atoms with van der Waals surface area (Å²) in [4.78, 5) is 24.6. The van der Waals surface area contributed by atoms with Crippen molar-refractivity contribution in [1.29, 1.82) is 0 Å². The third kappa shape index (κ3) is 4.10. The summed E-state index contributed by atoms with van der Waals surface area (Å²) in [6, 6.07) is 3.30. The van der Waals surface area contributed by atoms with Crippen LogP contribution < -0.4 is 5.63 Å². The molecule has 9 heteroatoms. The first kappa shape index (κ1) is 28.5. The molecule has 1 aromatic heterocycles. The molecule has 6 rings (SSSR count). The zero-order chi connectivity index (χ0) is 28.4. The molecule has 222 valence electrons. The first-order chi connectivity index (χ1) is 19.1. The minimum Gasteiger partial charge on any atom is -0.431 e. The molecule has 13 atom stereocenters. The summed E-state index contributed by atoms with van der Waals surface area (Å²) in [5.74, 6) is 0.398. The Morgan fingerprint density at radius 1 is 1.02 bits per heavy atom. The number of aliphatic hydroxyl groups is 3. The van der Waals surface area contributed by atoms with Gasteiger partial charge in [0.1, 0.15) is 24.6 Å². The second-order valence-electron chi connectivity index (χ2n) is 13.5. The van der Waals surface area contributed by atoms with Crippen LogP contribution in [-0.2, 0) is 19.0 Å². The molecular formula is C31H44O9. The third-order valence-electron chi connectivity index (χ3n) is 12.1.